The van der Waals surface area contributed by atoms with E-state index in [1.165, 1.54) is 24.4 Å². The van der Waals surface area contributed by atoms with Gasteiger partial charge in [-0.25, -0.2) is 4.98 Å². The van der Waals surface area contributed by atoms with Gasteiger partial charge >= 0.3 is 0 Å². The molecule has 0 aliphatic carbocycles. The minimum atomic E-state index is 0.0600. The maximum absolute atomic E-state index is 5.87. The van der Waals surface area contributed by atoms with Gasteiger partial charge in [-0.05, 0) is 40.2 Å². The molecule has 2 heterocycles. The van der Waals surface area contributed by atoms with Gasteiger partial charge in [0.05, 0.1) is 10.7 Å². The average Bonchev–Trinajstić information content (AvgIpc) is 2.78. The number of thiazole rings is 1. The fourth-order valence-corrected chi connectivity index (χ4v) is 3.43. The Bertz CT molecular complexity index is 359. The number of hydrogen-bond acceptors (Lipinski definition) is 4. The summed E-state index contributed by atoms with van der Waals surface area (Å²) >= 11 is 1.78. The number of hydrogen-bond donors (Lipinski definition) is 1. The van der Waals surface area contributed by atoms with Gasteiger partial charge in [0.25, 0.3) is 0 Å². The van der Waals surface area contributed by atoms with E-state index < -0.39 is 0 Å². The van der Waals surface area contributed by atoms with Crippen LogP contribution in [0, 0.1) is 0 Å². The summed E-state index contributed by atoms with van der Waals surface area (Å²) in [6.07, 6.45) is 2.56. The van der Waals surface area contributed by atoms with Crippen LogP contribution in [-0.4, -0.2) is 29.0 Å². The van der Waals surface area contributed by atoms with E-state index in [1.807, 2.05) is 6.92 Å². The highest BCUT2D eigenvalue weighted by molar-refractivity contribution is 7.09. The SMILES string of the molecule is CC(N)c1csc(C2CCCN(C(C)C)C2)n1. The zero-order chi connectivity index (χ0) is 12.4. The van der Waals surface area contributed by atoms with Crippen molar-refractivity contribution in [1.82, 2.24) is 9.88 Å². The molecule has 2 N–H and O–H groups in total. The molecular weight excluding hydrogens is 230 g/mol. The number of nitrogens with two attached hydrogens (primary N) is 1. The van der Waals surface area contributed by atoms with Crippen LogP contribution in [0.25, 0.3) is 0 Å². The van der Waals surface area contributed by atoms with Crippen molar-refractivity contribution in [2.75, 3.05) is 13.1 Å². The van der Waals surface area contributed by atoms with Crippen LogP contribution in [0.4, 0.5) is 0 Å². The molecule has 1 fully saturated rings. The third-order valence-electron chi connectivity index (χ3n) is 3.54. The van der Waals surface area contributed by atoms with E-state index in [9.17, 15) is 0 Å². The molecular formula is C13H23N3S. The van der Waals surface area contributed by atoms with Crippen LogP contribution in [0.1, 0.15) is 56.3 Å². The van der Waals surface area contributed by atoms with E-state index in [1.54, 1.807) is 11.3 Å². The number of nitrogens with zero attached hydrogens (tertiary/aromatic N) is 2. The van der Waals surface area contributed by atoms with Gasteiger partial charge in [-0.15, -0.1) is 11.3 Å². The van der Waals surface area contributed by atoms with Crippen LogP contribution in [-0.2, 0) is 0 Å². The summed E-state index contributed by atoms with van der Waals surface area (Å²) in [6, 6.07) is 0.704. The molecule has 2 rings (SSSR count). The molecule has 0 bridgehead atoms. The Labute approximate surface area is 108 Å². The van der Waals surface area contributed by atoms with Gasteiger partial charge in [0.1, 0.15) is 0 Å². The molecule has 0 amide bonds. The zero-order valence-electron chi connectivity index (χ0n) is 11.0. The van der Waals surface area contributed by atoms with Gasteiger partial charge < -0.3 is 10.6 Å². The summed E-state index contributed by atoms with van der Waals surface area (Å²) in [5.41, 5.74) is 6.91. The van der Waals surface area contributed by atoms with Gasteiger partial charge in [-0.3, -0.25) is 0 Å². The van der Waals surface area contributed by atoms with Crippen LogP contribution in [0.15, 0.2) is 5.38 Å². The lowest BCUT2D eigenvalue weighted by Gasteiger charge is -2.34. The van der Waals surface area contributed by atoms with E-state index in [0.29, 0.717) is 12.0 Å². The zero-order valence-corrected chi connectivity index (χ0v) is 11.8. The number of likely N-dealkylation sites (tertiary alicyclic amines) is 1. The molecule has 2 atom stereocenters. The molecule has 2 unspecified atom stereocenters. The molecule has 0 radical (unpaired) electrons. The van der Waals surface area contributed by atoms with Crippen LogP contribution < -0.4 is 5.73 Å². The van der Waals surface area contributed by atoms with E-state index in [2.05, 4.69) is 24.1 Å². The number of rotatable bonds is 3. The van der Waals surface area contributed by atoms with Crippen molar-refractivity contribution in [3.05, 3.63) is 16.1 Å². The predicted molar refractivity (Wildman–Crippen MR) is 73.4 cm³/mol. The Morgan fingerprint density at radius 3 is 2.82 bits per heavy atom. The highest BCUT2D eigenvalue weighted by atomic mass is 32.1. The Morgan fingerprint density at radius 2 is 2.24 bits per heavy atom. The fourth-order valence-electron chi connectivity index (χ4n) is 2.37. The van der Waals surface area contributed by atoms with Gasteiger partial charge in [0.15, 0.2) is 0 Å². The lowest BCUT2D eigenvalue weighted by Crippen LogP contribution is -2.39. The van der Waals surface area contributed by atoms with Gasteiger partial charge in [-0.1, -0.05) is 0 Å². The smallest absolute Gasteiger partial charge is 0.0972 e. The fraction of sp³-hybridized carbons (Fsp3) is 0.769. The standard InChI is InChI=1S/C13H23N3S/c1-9(2)16-6-4-5-11(7-16)13-15-12(8-17-13)10(3)14/h8-11H,4-7,14H2,1-3H3. The summed E-state index contributed by atoms with van der Waals surface area (Å²) in [6.45, 7) is 8.94. The molecule has 0 aromatic carbocycles. The van der Waals surface area contributed by atoms with Crippen molar-refractivity contribution in [1.29, 1.82) is 0 Å². The van der Waals surface area contributed by atoms with E-state index in [0.717, 1.165) is 12.2 Å². The Hall–Kier alpha value is -0.450. The summed E-state index contributed by atoms with van der Waals surface area (Å²) in [4.78, 5) is 7.25. The van der Waals surface area contributed by atoms with Crippen molar-refractivity contribution in [2.24, 2.45) is 5.73 Å². The molecule has 4 heteroatoms. The molecule has 1 aromatic heterocycles. The van der Waals surface area contributed by atoms with E-state index >= 15 is 0 Å². The van der Waals surface area contributed by atoms with Crippen molar-refractivity contribution in [3.63, 3.8) is 0 Å². The Balaban J connectivity index is 2.05. The monoisotopic (exact) mass is 253 g/mol. The molecule has 1 aliphatic heterocycles. The summed E-state index contributed by atoms with van der Waals surface area (Å²) in [5, 5.41) is 3.40. The molecule has 0 spiro atoms. The second kappa shape index (κ2) is 5.46. The first-order valence-corrected chi connectivity index (χ1v) is 7.41. The third kappa shape index (κ3) is 3.06. The maximum atomic E-state index is 5.87. The maximum Gasteiger partial charge on any atom is 0.0972 e. The first-order valence-electron chi connectivity index (χ1n) is 6.53. The second-order valence-corrected chi connectivity index (χ2v) is 6.22. The summed E-state index contributed by atoms with van der Waals surface area (Å²) in [5.74, 6) is 0.614. The molecule has 1 saturated heterocycles. The molecule has 0 saturated carbocycles. The molecule has 96 valence electrons. The van der Waals surface area contributed by atoms with Crippen LogP contribution in [0.3, 0.4) is 0 Å². The van der Waals surface area contributed by atoms with Gasteiger partial charge in [0, 0.05) is 29.9 Å². The summed E-state index contributed by atoms with van der Waals surface area (Å²) < 4.78 is 0. The van der Waals surface area contributed by atoms with Gasteiger partial charge in [0.2, 0.25) is 0 Å². The summed E-state index contributed by atoms with van der Waals surface area (Å²) in [7, 11) is 0. The average molecular weight is 253 g/mol. The largest absolute Gasteiger partial charge is 0.323 e. The van der Waals surface area contributed by atoms with Crippen molar-refractivity contribution in [2.45, 2.75) is 51.6 Å². The quantitative estimate of drug-likeness (QED) is 0.900. The Kier molecular flexibility index (Phi) is 4.17. The number of piperidine rings is 1. The minimum absolute atomic E-state index is 0.0600. The van der Waals surface area contributed by atoms with E-state index in [4.69, 9.17) is 10.7 Å². The minimum Gasteiger partial charge on any atom is -0.323 e. The van der Waals surface area contributed by atoms with Crippen molar-refractivity contribution < 1.29 is 0 Å². The van der Waals surface area contributed by atoms with Crippen LogP contribution in [0.5, 0.6) is 0 Å². The van der Waals surface area contributed by atoms with E-state index in [-0.39, 0.29) is 6.04 Å². The second-order valence-electron chi connectivity index (χ2n) is 5.33. The lowest BCUT2D eigenvalue weighted by atomic mass is 9.97. The Morgan fingerprint density at radius 1 is 1.47 bits per heavy atom. The van der Waals surface area contributed by atoms with Crippen LogP contribution >= 0.6 is 11.3 Å². The lowest BCUT2D eigenvalue weighted by molar-refractivity contribution is 0.167. The van der Waals surface area contributed by atoms with Crippen molar-refractivity contribution >= 4 is 11.3 Å². The molecule has 17 heavy (non-hydrogen) atoms. The molecule has 3 nitrogen and oxygen atoms in total. The highest BCUT2D eigenvalue weighted by Gasteiger charge is 2.25. The predicted octanol–water partition coefficient (Wildman–Crippen LogP) is 2.75. The first kappa shape index (κ1) is 13.0. The third-order valence-corrected chi connectivity index (χ3v) is 4.56. The normalized spacial score (nSPS) is 24.2. The highest BCUT2D eigenvalue weighted by Crippen LogP contribution is 2.30. The van der Waals surface area contributed by atoms with Gasteiger partial charge in [-0.2, -0.15) is 0 Å². The molecule has 1 aromatic rings. The van der Waals surface area contributed by atoms with Crippen LogP contribution in [0.2, 0.25) is 0 Å². The molecule has 1 aliphatic rings. The number of aromatic nitrogens is 1. The topological polar surface area (TPSA) is 42.1 Å². The van der Waals surface area contributed by atoms with Crippen molar-refractivity contribution in [3.8, 4) is 0 Å². The first-order chi connectivity index (χ1) is 8.08.